The Balaban J connectivity index is 1.44. The summed E-state index contributed by atoms with van der Waals surface area (Å²) in [5.41, 5.74) is 3.60. The third kappa shape index (κ3) is 4.42. The highest BCUT2D eigenvalue weighted by Gasteiger charge is 2.23. The second kappa shape index (κ2) is 8.78. The molecule has 0 radical (unpaired) electrons. The van der Waals surface area contributed by atoms with Crippen LogP contribution in [0.2, 0.25) is 0 Å². The van der Waals surface area contributed by atoms with Crippen LogP contribution >= 0.6 is 0 Å². The van der Waals surface area contributed by atoms with Crippen molar-refractivity contribution in [1.29, 1.82) is 0 Å². The second-order valence-electron chi connectivity index (χ2n) is 7.94. The van der Waals surface area contributed by atoms with Crippen molar-refractivity contribution in [2.75, 3.05) is 13.2 Å². The number of ether oxygens (including phenoxy) is 2. The normalized spacial score (nSPS) is 17.6. The highest BCUT2D eigenvalue weighted by Crippen LogP contribution is 2.35. The van der Waals surface area contributed by atoms with E-state index in [2.05, 4.69) is 5.32 Å². The maximum Gasteiger partial charge on any atom is 0.251 e. The van der Waals surface area contributed by atoms with E-state index in [9.17, 15) is 9.59 Å². The zero-order valence-corrected chi connectivity index (χ0v) is 17.6. The molecular formula is C24H28N2O4. The van der Waals surface area contributed by atoms with E-state index in [-0.39, 0.29) is 17.9 Å². The van der Waals surface area contributed by atoms with Crippen molar-refractivity contribution >= 4 is 11.8 Å². The Morgan fingerprint density at radius 1 is 1.30 bits per heavy atom. The highest BCUT2D eigenvalue weighted by atomic mass is 16.5. The smallest absolute Gasteiger partial charge is 0.251 e. The number of carbonyl (C=O) groups excluding carboxylic acids is 2. The Morgan fingerprint density at radius 3 is 2.93 bits per heavy atom. The van der Waals surface area contributed by atoms with Gasteiger partial charge in [-0.1, -0.05) is 12.1 Å². The zero-order chi connectivity index (χ0) is 21.1. The van der Waals surface area contributed by atoms with Gasteiger partial charge in [0.2, 0.25) is 5.91 Å². The van der Waals surface area contributed by atoms with E-state index in [1.807, 2.05) is 49.1 Å². The van der Waals surface area contributed by atoms with Crippen LogP contribution in [0.15, 0.2) is 36.4 Å². The lowest BCUT2D eigenvalue weighted by atomic mass is 10.1. The molecule has 6 heteroatoms. The Kier molecular flexibility index (Phi) is 5.93. The van der Waals surface area contributed by atoms with Crippen LogP contribution in [-0.4, -0.2) is 36.0 Å². The minimum atomic E-state index is -0.151. The minimum Gasteiger partial charge on any atom is -0.494 e. The molecule has 6 nitrogen and oxygen atoms in total. The summed E-state index contributed by atoms with van der Waals surface area (Å²) in [4.78, 5) is 26.5. The molecule has 1 saturated heterocycles. The van der Waals surface area contributed by atoms with E-state index in [0.29, 0.717) is 31.7 Å². The molecule has 158 valence electrons. The molecule has 4 rings (SSSR count). The number of carbonyl (C=O) groups is 2. The molecule has 0 spiro atoms. The molecule has 1 N–H and O–H groups in total. The summed E-state index contributed by atoms with van der Waals surface area (Å²) in [6.07, 6.45) is 2.55. The fourth-order valence-corrected chi connectivity index (χ4v) is 4.09. The van der Waals surface area contributed by atoms with Gasteiger partial charge >= 0.3 is 0 Å². The van der Waals surface area contributed by atoms with Crippen LogP contribution in [0.5, 0.6) is 11.5 Å². The third-order valence-electron chi connectivity index (χ3n) is 5.55. The van der Waals surface area contributed by atoms with E-state index in [1.165, 1.54) is 0 Å². The fourth-order valence-electron chi connectivity index (χ4n) is 4.09. The standard InChI is InChI=1S/C24H28N2O4/c1-3-29-21-12-19-10-16(2)30-22(19)13-20(21)14-25-24(28)18-7-4-6-17(11-18)15-26-9-5-8-23(26)27/h4,6-7,11-13,16H,3,5,8-10,14-15H2,1-2H3,(H,25,28)/t16-/m1/s1. The summed E-state index contributed by atoms with van der Waals surface area (Å²) in [5, 5.41) is 2.99. The minimum absolute atomic E-state index is 0.151. The number of benzene rings is 2. The molecule has 2 aliphatic heterocycles. The Bertz CT molecular complexity index is 956. The zero-order valence-electron chi connectivity index (χ0n) is 17.6. The van der Waals surface area contributed by atoms with Crippen molar-refractivity contribution in [2.45, 2.75) is 52.3 Å². The number of nitrogens with one attached hydrogen (secondary N) is 1. The number of amides is 2. The van der Waals surface area contributed by atoms with Crippen molar-refractivity contribution in [1.82, 2.24) is 10.2 Å². The van der Waals surface area contributed by atoms with Gasteiger partial charge in [0.05, 0.1) is 6.61 Å². The largest absolute Gasteiger partial charge is 0.494 e. The maximum atomic E-state index is 12.8. The first-order valence-electron chi connectivity index (χ1n) is 10.6. The number of hydrogen-bond donors (Lipinski definition) is 1. The summed E-state index contributed by atoms with van der Waals surface area (Å²) in [5.74, 6) is 1.69. The molecule has 2 aliphatic rings. The fraction of sp³-hybridized carbons (Fsp3) is 0.417. The van der Waals surface area contributed by atoms with Gasteiger partial charge in [-0.3, -0.25) is 9.59 Å². The van der Waals surface area contributed by atoms with Gasteiger partial charge < -0.3 is 19.7 Å². The molecule has 1 atom stereocenters. The summed E-state index contributed by atoms with van der Waals surface area (Å²) >= 11 is 0. The van der Waals surface area contributed by atoms with Crippen LogP contribution in [0.3, 0.4) is 0 Å². The average molecular weight is 408 g/mol. The van der Waals surface area contributed by atoms with E-state index in [0.717, 1.165) is 47.6 Å². The topological polar surface area (TPSA) is 67.9 Å². The van der Waals surface area contributed by atoms with Crippen molar-refractivity contribution in [3.05, 3.63) is 58.7 Å². The highest BCUT2D eigenvalue weighted by molar-refractivity contribution is 5.94. The van der Waals surface area contributed by atoms with Crippen LogP contribution in [0.1, 0.15) is 53.7 Å². The first kappa shape index (κ1) is 20.3. The summed E-state index contributed by atoms with van der Waals surface area (Å²) < 4.78 is 11.7. The van der Waals surface area contributed by atoms with Crippen LogP contribution in [-0.2, 0) is 24.3 Å². The quantitative estimate of drug-likeness (QED) is 0.762. The molecule has 2 amide bonds. The van der Waals surface area contributed by atoms with Gasteiger partial charge in [-0.05, 0) is 50.1 Å². The van der Waals surface area contributed by atoms with E-state index in [4.69, 9.17) is 9.47 Å². The monoisotopic (exact) mass is 408 g/mol. The van der Waals surface area contributed by atoms with Gasteiger partial charge in [0.15, 0.2) is 0 Å². The lowest BCUT2D eigenvalue weighted by Crippen LogP contribution is -2.25. The molecule has 0 aliphatic carbocycles. The van der Waals surface area contributed by atoms with E-state index >= 15 is 0 Å². The van der Waals surface area contributed by atoms with Gasteiger partial charge in [0, 0.05) is 49.2 Å². The first-order valence-corrected chi connectivity index (χ1v) is 10.6. The Labute approximate surface area is 177 Å². The summed E-state index contributed by atoms with van der Waals surface area (Å²) in [7, 11) is 0. The number of hydrogen-bond acceptors (Lipinski definition) is 4. The van der Waals surface area contributed by atoms with Gasteiger partial charge in [0.1, 0.15) is 17.6 Å². The van der Waals surface area contributed by atoms with Crippen molar-refractivity contribution in [3.8, 4) is 11.5 Å². The molecule has 0 unspecified atom stereocenters. The lowest BCUT2D eigenvalue weighted by molar-refractivity contribution is -0.128. The predicted octanol–water partition coefficient (Wildman–Crippen LogP) is 3.46. The van der Waals surface area contributed by atoms with E-state index in [1.54, 1.807) is 6.07 Å². The predicted molar refractivity (Wildman–Crippen MR) is 114 cm³/mol. The second-order valence-corrected chi connectivity index (χ2v) is 7.94. The molecule has 0 saturated carbocycles. The van der Waals surface area contributed by atoms with Crippen LogP contribution in [0.25, 0.3) is 0 Å². The molecule has 1 fully saturated rings. The molecule has 0 aromatic heterocycles. The number of rotatable bonds is 7. The van der Waals surface area contributed by atoms with Crippen molar-refractivity contribution in [2.24, 2.45) is 0 Å². The van der Waals surface area contributed by atoms with Crippen LogP contribution < -0.4 is 14.8 Å². The van der Waals surface area contributed by atoms with Gasteiger partial charge in [0.25, 0.3) is 5.91 Å². The number of likely N-dealkylation sites (tertiary alicyclic amines) is 1. The Morgan fingerprint density at radius 2 is 2.17 bits per heavy atom. The van der Waals surface area contributed by atoms with Crippen LogP contribution in [0.4, 0.5) is 0 Å². The third-order valence-corrected chi connectivity index (χ3v) is 5.55. The van der Waals surface area contributed by atoms with Crippen molar-refractivity contribution < 1.29 is 19.1 Å². The molecule has 30 heavy (non-hydrogen) atoms. The van der Waals surface area contributed by atoms with Crippen molar-refractivity contribution in [3.63, 3.8) is 0 Å². The number of fused-ring (bicyclic) bond motifs is 1. The molecule has 0 bridgehead atoms. The summed E-state index contributed by atoms with van der Waals surface area (Å²) in [6.45, 7) is 6.25. The molecule has 2 aromatic carbocycles. The molecular weight excluding hydrogens is 380 g/mol. The molecule has 2 heterocycles. The molecule has 2 aromatic rings. The first-order chi connectivity index (χ1) is 14.5. The van der Waals surface area contributed by atoms with E-state index < -0.39 is 0 Å². The summed E-state index contributed by atoms with van der Waals surface area (Å²) in [6, 6.07) is 11.5. The van der Waals surface area contributed by atoms with Gasteiger partial charge in [-0.2, -0.15) is 0 Å². The number of nitrogens with zero attached hydrogens (tertiary/aromatic N) is 1. The van der Waals surface area contributed by atoms with Gasteiger partial charge in [-0.15, -0.1) is 0 Å². The average Bonchev–Trinajstić information content (AvgIpc) is 3.30. The SMILES string of the molecule is CCOc1cc2c(cc1CNC(=O)c1cccc(CN3CCCC3=O)c1)O[C@H](C)C2. The maximum absolute atomic E-state index is 12.8. The Hall–Kier alpha value is -3.02. The van der Waals surface area contributed by atoms with Gasteiger partial charge in [-0.25, -0.2) is 0 Å². The van der Waals surface area contributed by atoms with Crippen LogP contribution in [0, 0.1) is 0 Å². The lowest BCUT2D eigenvalue weighted by Gasteiger charge is -2.16.